The molecule has 1 aromatic heterocycles. The van der Waals surface area contributed by atoms with Crippen molar-refractivity contribution < 1.29 is 19.1 Å². The molecule has 1 aliphatic rings. The molecule has 0 aromatic carbocycles. The third-order valence-corrected chi connectivity index (χ3v) is 4.13. The van der Waals surface area contributed by atoms with Crippen LogP contribution >= 0.6 is 0 Å². The summed E-state index contributed by atoms with van der Waals surface area (Å²) in [6.45, 7) is 5.50. The van der Waals surface area contributed by atoms with Crippen molar-refractivity contribution in [2.24, 2.45) is 5.92 Å². The van der Waals surface area contributed by atoms with Gasteiger partial charge in [0.2, 0.25) is 0 Å². The van der Waals surface area contributed by atoms with Crippen LogP contribution in [0.25, 0.3) is 0 Å². The Kier molecular flexibility index (Phi) is 6.88. The summed E-state index contributed by atoms with van der Waals surface area (Å²) in [5.41, 5.74) is 0.285. The summed E-state index contributed by atoms with van der Waals surface area (Å²) in [4.78, 5) is 47.8. The van der Waals surface area contributed by atoms with Crippen LogP contribution in [0.3, 0.4) is 0 Å². The van der Waals surface area contributed by atoms with E-state index >= 15 is 0 Å². The van der Waals surface area contributed by atoms with E-state index in [1.54, 1.807) is 9.80 Å². The summed E-state index contributed by atoms with van der Waals surface area (Å²) in [5, 5.41) is 2.73. The first-order valence-electron chi connectivity index (χ1n) is 8.61. The molecule has 0 spiro atoms. The van der Waals surface area contributed by atoms with Gasteiger partial charge in [-0.3, -0.25) is 9.78 Å². The molecule has 9 heteroatoms. The largest absolute Gasteiger partial charge is 0.467 e. The Hall–Kier alpha value is -2.71. The van der Waals surface area contributed by atoms with E-state index in [0.717, 1.165) is 0 Å². The molecular weight excluding hydrogens is 338 g/mol. The molecule has 1 atom stereocenters. The highest BCUT2D eigenvalue weighted by Crippen LogP contribution is 2.09. The highest BCUT2D eigenvalue weighted by Gasteiger charge is 2.29. The molecule has 26 heavy (non-hydrogen) atoms. The van der Waals surface area contributed by atoms with E-state index in [0.29, 0.717) is 32.6 Å². The topological polar surface area (TPSA) is 105 Å². The van der Waals surface area contributed by atoms with Crippen molar-refractivity contribution in [1.82, 2.24) is 25.1 Å². The quantitative estimate of drug-likeness (QED) is 0.765. The van der Waals surface area contributed by atoms with Crippen molar-refractivity contribution in [2.75, 3.05) is 33.3 Å². The van der Waals surface area contributed by atoms with Gasteiger partial charge in [-0.2, -0.15) is 0 Å². The van der Waals surface area contributed by atoms with Crippen LogP contribution in [-0.2, 0) is 9.53 Å². The van der Waals surface area contributed by atoms with Crippen LogP contribution in [-0.4, -0.2) is 77.0 Å². The minimum absolute atomic E-state index is 0.203. The maximum atomic E-state index is 12.4. The molecule has 0 radical (unpaired) electrons. The fraction of sp³-hybridized carbons (Fsp3) is 0.588. The van der Waals surface area contributed by atoms with E-state index in [-0.39, 0.29) is 23.6 Å². The number of nitrogens with zero attached hydrogens (tertiary/aromatic N) is 4. The molecule has 2 heterocycles. The molecule has 1 N–H and O–H groups in total. The van der Waals surface area contributed by atoms with Gasteiger partial charge in [-0.25, -0.2) is 14.6 Å². The number of carbonyl (C=O) groups excluding carboxylic acids is 3. The fourth-order valence-electron chi connectivity index (χ4n) is 2.75. The second kappa shape index (κ2) is 9.12. The zero-order chi connectivity index (χ0) is 19.1. The van der Waals surface area contributed by atoms with E-state index in [9.17, 15) is 14.4 Å². The van der Waals surface area contributed by atoms with Crippen molar-refractivity contribution in [3.63, 3.8) is 0 Å². The minimum Gasteiger partial charge on any atom is -0.467 e. The monoisotopic (exact) mass is 363 g/mol. The van der Waals surface area contributed by atoms with Gasteiger partial charge in [0.15, 0.2) is 0 Å². The van der Waals surface area contributed by atoms with Gasteiger partial charge in [0, 0.05) is 38.6 Å². The Labute approximate surface area is 152 Å². The number of piperazine rings is 1. The maximum absolute atomic E-state index is 12.4. The molecule has 0 bridgehead atoms. The van der Waals surface area contributed by atoms with Crippen LogP contribution in [0.5, 0.6) is 0 Å². The Morgan fingerprint density at radius 2 is 1.81 bits per heavy atom. The lowest BCUT2D eigenvalue weighted by Gasteiger charge is -2.35. The third-order valence-electron chi connectivity index (χ3n) is 4.13. The fourth-order valence-corrected chi connectivity index (χ4v) is 2.75. The number of aromatic nitrogens is 2. The number of ether oxygens (including phenoxy) is 1. The first kappa shape index (κ1) is 19.6. The van der Waals surface area contributed by atoms with Crippen LogP contribution in [0.4, 0.5) is 4.79 Å². The van der Waals surface area contributed by atoms with Crippen molar-refractivity contribution in [2.45, 2.75) is 26.3 Å². The Bertz CT molecular complexity index is 629. The molecule has 142 valence electrons. The number of amides is 3. The van der Waals surface area contributed by atoms with E-state index in [1.165, 1.54) is 25.7 Å². The molecule has 1 aliphatic heterocycles. The molecule has 0 aliphatic carbocycles. The second-order valence-corrected chi connectivity index (χ2v) is 6.52. The molecule has 2 rings (SSSR count). The second-order valence-electron chi connectivity index (χ2n) is 6.52. The Morgan fingerprint density at radius 1 is 1.15 bits per heavy atom. The van der Waals surface area contributed by atoms with Crippen molar-refractivity contribution in [3.05, 3.63) is 24.3 Å². The van der Waals surface area contributed by atoms with Crippen LogP contribution in [0.1, 0.15) is 30.8 Å². The first-order chi connectivity index (χ1) is 12.4. The zero-order valence-corrected chi connectivity index (χ0v) is 15.3. The smallest absolute Gasteiger partial charge is 0.328 e. The lowest BCUT2D eigenvalue weighted by atomic mass is 10.0. The third kappa shape index (κ3) is 5.14. The summed E-state index contributed by atoms with van der Waals surface area (Å²) < 4.78 is 4.76. The van der Waals surface area contributed by atoms with E-state index < -0.39 is 12.0 Å². The maximum Gasteiger partial charge on any atom is 0.328 e. The first-order valence-corrected chi connectivity index (χ1v) is 8.61. The number of carbonyl (C=O) groups is 3. The Morgan fingerprint density at radius 3 is 2.35 bits per heavy atom. The summed E-state index contributed by atoms with van der Waals surface area (Å²) in [6.07, 6.45) is 4.91. The van der Waals surface area contributed by atoms with Crippen LogP contribution < -0.4 is 5.32 Å². The average molecular weight is 363 g/mol. The van der Waals surface area contributed by atoms with Crippen LogP contribution in [0.2, 0.25) is 0 Å². The summed E-state index contributed by atoms with van der Waals surface area (Å²) in [6, 6.07) is -1.00. The molecule has 3 amide bonds. The van der Waals surface area contributed by atoms with Gasteiger partial charge in [0.1, 0.15) is 11.7 Å². The van der Waals surface area contributed by atoms with E-state index in [1.807, 2.05) is 13.8 Å². The predicted octanol–water partition coefficient (Wildman–Crippen LogP) is 0.532. The van der Waals surface area contributed by atoms with E-state index in [4.69, 9.17) is 4.74 Å². The number of methoxy groups -OCH3 is 1. The summed E-state index contributed by atoms with van der Waals surface area (Å²) in [5.74, 6) is -0.422. The van der Waals surface area contributed by atoms with Gasteiger partial charge in [-0.05, 0) is 12.3 Å². The highest BCUT2D eigenvalue weighted by atomic mass is 16.5. The van der Waals surface area contributed by atoms with Gasteiger partial charge >= 0.3 is 12.0 Å². The summed E-state index contributed by atoms with van der Waals surface area (Å²) in [7, 11) is 1.30. The number of hydrogen-bond acceptors (Lipinski definition) is 6. The Balaban J connectivity index is 1.89. The normalized spacial score (nSPS) is 15.5. The SMILES string of the molecule is COC(=O)[C@H](CC(C)C)NC(=O)N1CCN(C(=O)c2cnccn2)CC1. The lowest BCUT2D eigenvalue weighted by molar-refractivity contribution is -0.143. The molecule has 1 saturated heterocycles. The number of urea groups is 1. The molecule has 0 unspecified atom stereocenters. The number of esters is 1. The van der Waals surface area contributed by atoms with Crippen LogP contribution in [0.15, 0.2) is 18.6 Å². The van der Waals surface area contributed by atoms with Gasteiger partial charge < -0.3 is 19.9 Å². The van der Waals surface area contributed by atoms with Crippen molar-refractivity contribution in [1.29, 1.82) is 0 Å². The van der Waals surface area contributed by atoms with Crippen LogP contribution in [0, 0.1) is 5.92 Å². The van der Waals surface area contributed by atoms with Gasteiger partial charge in [0.25, 0.3) is 5.91 Å². The lowest BCUT2D eigenvalue weighted by Crippen LogP contribution is -2.55. The molecule has 1 aromatic rings. The van der Waals surface area contributed by atoms with Crippen molar-refractivity contribution >= 4 is 17.9 Å². The van der Waals surface area contributed by atoms with Crippen molar-refractivity contribution in [3.8, 4) is 0 Å². The van der Waals surface area contributed by atoms with Gasteiger partial charge in [-0.15, -0.1) is 0 Å². The number of hydrogen-bond donors (Lipinski definition) is 1. The van der Waals surface area contributed by atoms with Gasteiger partial charge in [0.05, 0.1) is 13.3 Å². The molecular formula is C17H25N5O4. The predicted molar refractivity (Wildman–Crippen MR) is 93.3 cm³/mol. The summed E-state index contributed by atoms with van der Waals surface area (Å²) >= 11 is 0. The molecule has 1 fully saturated rings. The highest BCUT2D eigenvalue weighted by molar-refractivity contribution is 5.92. The number of rotatable bonds is 5. The molecule has 0 saturated carbocycles. The minimum atomic E-state index is -0.674. The standard InChI is InChI=1S/C17H25N5O4/c1-12(2)10-13(16(24)26-3)20-17(25)22-8-6-21(7-9-22)15(23)14-11-18-4-5-19-14/h4-5,11-13H,6-10H2,1-3H3,(H,20,25)/t13-/m0/s1. The zero-order valence-electron chi connectivity index (χ0n) is 15.3. The average Bonchev–Trinajstić information content (AvgIpc) is 2.66. The molecule has 9 nitrogen and oxygen atoms in total. The van der Waals surface area contributed by atoms with Gasteiger partial charge in [-0.1, -0.05) is 13.8 Å². The number of nitrogens with one attached hydrogen (secondary N) is 1. The van der Waals surface area contributed by atoms with E-state index in [2.05, 4.69) is 15.3 Å².